The number of hydrogen-bond acceptors (Lipinski definition) is 5. The summed E-state index contributed by atoms with van der Waals surface area (Å²) in [5.41, 5.74) is 1.98. The third-order valence-corrected chi connectivity index (χ3v) is 6.06. The third kappa shape index (κ3) is 8.68. The first-order valence-electron chi connectivity index (χ1n) is 12.3. The Kier molecular flexibility index (Phi) is 10.8. The van der Waals surface area contributed by atoms with E-state index >= 15 is 0 Å². The number of aliphatic hydroxyl groups is 2. The summed E-state index contributed by atoms with van der Waals surface area (Å²) in [4.78, 5) is 1.94. The molecule has 3 aromatic rings. The zero-order chi connectivity index (χ0) is 25.9. The second kappa shape index (κ2) is 14.0. The molecule has 0 radical (unpaired) electrons. The predicted molar refractivity (Wildman–Crippen MR) is 136 cm³/mol. The van der Waals surface area contributed by atoms with Gasteiger partial charge < -0.3 is 19.7 Å². The number of rotatable bonds is 14. The second-order valence-corrected chi connectivity index (χ2v) is 8.84. The minimum atomic E-state index is -0.955. The van der Waals surface area contributed by atoms with E-state index in [9.17, 15) is 19.0 Å². The molecule has 5 nitrogen and oxygen atoms in total. The topological polar surface area (TPSA) is 62.2 Å². The number of benzene rings is 3. The molecule has 0 heterocycles. The molecular formula is C29H35F2NO4. The van der Waals surface area contributed by atoms with Gasteiger partial charge in [0.25, 0.3) is 0 Å². The van der Waals surface area contributed by atoms with Gasteiger partial charge in [-0.05, 0) is 73.4 Å². The SMILES string of the molecule is CCOCCOc1ccc(C[C@@H](C)N(CC(O)c2cccc(F)c2)CC(O)c2cccc(F)c2)cc1. The predicted octanol–water partition coefficient (Wildman–Crippen LogP) is 5.08. The first-order chi connectivity index (χ1) is 17.4. The molecule has 0 aromatic heterocycles. The summed E-state index contributed by atoms with van der Waals surface area (Å²) in [5, 5.41) is 21.7. The van der Waals surface area contributed by atoms with E-state index in [1.165, 1.54) is 24.3 Å². The molecule has 3 atom stereocenters. The van der Waals surface area contributed by atoms with Crippen LogP contribution >= 0.6 is 0 Å². The summed E-state index contributed by atoms with van der Waals surface area (Å²) in [6, 6.07) is 19.4. The first kappa shape index (κ1) is 27.7. The minimum absolute atomic E-state index is 0.0823. The zero-order valence-corrected chi connectivity index (χ0v) is 20.8. The quantitative estimate of drug-likeness (QED) is 0.303. The maximum Gasteiger partial charge on any atom is 0.123 e. The third-order valence-electron chi connectivity index (χ3n) is 6.06. The van der Waals surface area contributed by atoms with Crippen LogP contribution in [0.25, 0.3) is 0 Å². The van der Waals surface area contributed by atoms with Crippen LogP contribution in [0.3, 0.4) is 0 Å². The van der Waals surface area contributed by atoms with Gasteiger partial charge in [-0.15, -0.1) is 0 Å². The van der Waals surface area contributed by atoms with Crippen molar-refractivity contribution >= 4 is 0 Å². The van der Waals surface area contributed by atoms with E-state index in [1.54, 1.807) is 24.3 Å². The van der Waals surface area contributed by atoms with Gasteiger partial charge in [-0.2, -0.15) is 0 Å². The summed E-state index contributed by atoms with van der Waals surface area (Å²) in [5.74, 6) is -0.0879. The highest BCUT2D eigenvalue weighted by Crippen LogP contribution is 2.23. The molecule has 0 saturated carbocycles. The van der Waals surface area contributed by atoms with E-state index < -0.39 is 23.8 Å². The van der Waals surface area contributed by atoms with Crippen LogP contribution in [0.4, 0.5) is 8.78 Å². The van der Waals surface area contributed by atoms with Crippen molar-refractivity contribution in [2.45, 2.75) is 38.5 Å². The maximum atomic E-state index is 13.7. The summed E-state index contributed by atoms with van der Waals surface area (Å²) in [7, 11) is 0. The largest absolute Gasteiger partial charge is 0.491 e. The fraction of sp³-hybridized carbons (Fsp3) is 0.379. The van der Waals surface area contributed by atoms with E-state index in [0.717, 1.165) is 11.3 Å². The molecule has 3 rings (SSSR count). The molecule has 36 heavy (non-hydrogen) atoms. The Hall–Kier alpha value is -2.84. The molecule has 0 aliphatic rings. The lowest BCUT2D eigenvalue weighted by Gasteiger charge is -2.33. The molecule has 0 aliphatic carbocycles. The van der Waals surface area contributed by atoms with Crippen LogP contribution in [0.15, 0.2) is 72.8 Å². The molecule has 194 valence electrons. The summed E-state index contributed by atoms with van der Waals surface area (Å²) in [6.07, 6.45) is -1.27. The molecular weight excluding hydrogens is 464 g/mol. The molecule has 2 unspecified atom stereocenters. The van der Waals surface area contributed by atoms with Gasteiger partial charge in [0, 0.05) is 25.7 Å². The summed E-state index contributed by atoms with van der Waals surface area (Å²) >= 11 is 0. The minimum Gasteiger partial charge on any atom is -0.491 e. The standard InChI is InChI=1S/C29H35F2NO4/c1-3-35-14-15-36-27-12-10-22(11-13-27)16-21(2)32(19-28(33)23-6-4-8-25(30)17-23)20-29(34)24-7-5-9-26(31)18-24/h4-13,17-18,21,28-29,33-34H,3,14-16,19-20H2,1-2H3/t21-,28?,29?/m1/s1. The average Bonchev–Trinajstić information content (AvgIpc) is 2.87. The van der Waals surface area contributed by atoms with Crippen LogP contribution in [0, 0.1) is 11.6 Å². The van der Waals surface area contributed by atoms with Crippen molar-refractivity contribution < 1.29 is 28.5 Å². The Morgan fingerprint density at radius 2 is 1.36 bits per heavy atom. The van der Waals surface area contributed by atoms with Gasteiger partial charge in [0.1, 0.15) is 24.0 Å². The highest BCUT2D eigenvalue weighted by molar-refractivity contribution is 5.28. The van der Waals surface area contributed by atoms with Gasteiger partial charge >= 0.3 is 0 Å². The van der Waals surface area contributed by atoms with E-state index in [4.69, 9.17) is 9.47 Å². The Morgan fingerprint density at radius 3 is 1.86 bits per heavy atom. The maximum absolute atomic E-state index is 13.7. The molecule has 0 fully saturated rings. The fourth-order valence-electron chi connectivity index (χ4n) is 4.07. The normalized spacial score (nSPS) is 14.0. The van der Waals surface area contributed by atoms with Gasteiger partial charge in [-0.1, -0.05) is 36.4 Å². The van der Waals surface area contributed by atoms with Crippen molar-refractivity contribution in [1.82, 2.24) is 4.90 Å². The van der Waals surface area contributed by atoms with E-state index in [2.05, 4.69) is 0 Å². The highest BCUT2D eigenvalue weighted by atomic mass is 19.1. The molecule has 0 saturated heterocycles. The zero-order valence-electron chi connectivity index (χ0n) is 20.8. The van der Waals surface area contributed by atoms with Crippen molar-refractivity contribution in [3.05, 3.63) is 101 Å². The lowest BCUT2D eigenvalue weighted by molar-refractivity contribution is 0.0478. The van der Waals surface area contributed by atoms with Crippen LogP contribution < -0.4 is 4.74 Å². The van der Waals surface area contributed by atoms with Gasteiger partial charge in [-0.25, -0.2) is 8.78 Å². The van der Waals surface area contributed by atoms with Crippen molar-refractivity contribution in [2.24, 2.45) is 0 Å². The van der Waals surface area contributed by atoms with Crippen molar-refractivity contribution in [3.63, 3.8) is 0 Å². The molecule has 0 spiro atoms. The number of halogens is 2. The van der Waals surface area contributed by atoms with Gasteiger partial charge in [0.05, 0.1) is 18.8 Å². The Morgan fingerprint density at radius 1 is 0.806 bits per heavy atom. The highest BCUT2D eigenvalue weighted by Gasteiger charge is 2.23. The molecule has 0 amide bonds. The molecule has 0 bridgehead atoms. The van der Waals surface area contributed by atoms with Crippen molar-refractivity contribution in [1.29, 1.82) is 0 Å². The average molecular weight is 500 g/mol. The van der Waals surface area contributed by atoms with E-state index in [0.29, 0.717) is 37.4 Å². The number of hydrogen-bond donors (Lipinski definition) is 2. The van der Waals surface area contributed by atoms with Crippen LogP contribution in [0.5, 0.6) is 5.75 Å². The fourth-order valence-corrected chi connectivity index (χ4v) is 4.07. The lowest BCUT2D eigenvalue weighted by Crippen LogP contribution is -2.40. The molecule has 7 heteroatoms. The number of aliphatic hydroxyl groups excluding tert-OH is 2. The number of nitrogens with zero attached hydrogens (tertiary/aromatic N) is 1. The van der Waals surface area contributed by atoms with Crippen LogP contribution in [0.1, 0.15) is 42.7 Å². The smallest absolute Gasteiger partial charge is 0.123 e. The van der Waals surface area contributed by atoms with Gasteiger partial charge in [-0.3, -0.25) is 4.90 Å². The van der Waals surface area contributed by atoms with E-state index in [-0.39, 0.29) is 19.1 Å². The van der Waals surface area contributed by atoms with Crippen LogP contribution in [-0.2, 0) is 11.2 Å². The summed E-state index contributed by atoms with van der Waals surface area (Å²) < 4.78 is 38.4. The molecule has 2 N–H and O–H groups in total. The van der Waals surface area contributed by atoms with Crippen molar-refractivity contribution in [2.75, 3.05) is 32.9 Å². The monoisotopic (exact) mass is 499 g/mol. The molecule has 3 aromatic carbocycles. The van der Waals surface area contributed by atoms with Crippen LogP contribution in [0.2, 0.25) is 0 Å². The molecule has 0 aliphatic heterocycles. The van der Waals surface area contributed by atoms with Crippen molar-refractivity contribution in [3.8, 4) is 5.75 Å². The second-order valence-electron chi connectivity index (χ2n) is 8.84. The van der Waals surface area contributed by atoms with Crippen LogP contribution in [-0.4, -0.2) is 54.1 Å². The van der Waals surface area contributed by atoms with Gasteiger partial charge in [0.15, 0.2) is 0 Å². The number of ether oxygens (including phenoxy) is 2. The lowest BCUT2D eigenvalue weighted by atomic mass is 10.0. The van der Waals surface area contributed by atoms with Gasteiger partial charge in [0.2, 0.25) is 0 Å². The Balaban J connectivity index is 1.70. The summed E-state index contributed by atoms with van der Waals surface area (Å²) in [6.45, 7) is 5.96. The first-order valence-corrected chi connectivity index (χ1v) is 12.3. The van der Waals surface area contributed by atoms with E-state index in [1.807, 2.05) is 43.0 Å². The Labute approximate surface area is 211 Å². The Bertz CT molecular complexity index is 1010.